The van der Waals surface area contributed by atoms with Crippen LogP contribution in [-0.4, -0.2) is 76.2 Å². The van der Waals surface area contributed by atoms with Gasteiger partial charge < -0.3 is 34.2 Å². The van der Waals surface area contributed by atoms with Crippen LogP contribution in [0.2, 0.25) is 0 Å². The molecule has 1 unspecified atom stereocenters. The van der Waals surface area contributed by atoms with Gasteiger partial charge in [-0.05, 0) is 48.6 Å². The van der Waals surface area contributed by atoms with E-state index in [1.165, 1.54) is 0 Å². The Bertz CT molecular complexity index is 1640. The number of piperazine rings is 1. The van der Waals surface area contributed by atoms with Gasteiger partial charge in [-0.3, -0.25) is 0 Å². The van der Waals surface area contributed by atoms with Gasteiger partial charge in [-0.1, -0.05) is 18.2 Å². The first kappa shape index (κ1) is 25.2. The van der Waals surface area contributed by atoms with E-state index in [0.717, 1.165) is 77.4 Å². The monoisotopic (exact) mass is 552 g/mol. The van der Waals surface area contributed by atoms with Crippen LogP contribution in [-0.2, 0) is 6.54 Å². The number of rotatable bonds is 7. The number of carbonyl (C=O) groups excluding carboxylic acids is 1. The molecule has 0 radical (unpaired) electrons. The smallest absolute Gasteiger partial charge is 0.317 e. The van der Waals surface area contributed by atoms with Crippen molar-refractivity contribution in [2.24, 2.45) is 0 Å². The van der Waals surface area contributed by atoms with Crippen LogP contribution >= 0.6 is 0 Å². The fraction of sp³-hybridized carbons (Fsp3) is 0.333. The first-order chi connectivity index (χ1) is 20.2. The van der Waals surface area contributed by atoms with Gasteiger partial charge in [-0.2, -0.15) is 0 Å². The van der Waals surface area contributed by atoms with Crippen molar-refractivity contribution in [1.29, 1.82) is 0 Å². The molecule has 0 saturated carbocycles. The van der Waals surface area contributed by atoms with Gasteiger partial charge in [0.2, 0.25) is 0 Å². The van der Waals surface area contributed by atoms with Crippen molar-refractivity contribution in [3.63, 3.8) is 0 Å². The fourth-order valence-corrected chi connectivity index (χ4v) is 5.85. The summed E-state index contributed by atoms with van der Waals surface area (Å²) in [7, 11) is 0. The zero-order chi connectivity index (χ0) is 27.6. The molecule has 2 fully saturated rings. The number of ether oxygens (including phenoxy) is 1. The SMILES string of the molecule is O=C(NCc1ccco1)N1CCN(c2ccc3cccc(OCC4CCCN4c4ncnc5[nH]cnc45)c3c2)CC1. The molecule has 2 aromatic carbocycles. The van der Waals surface area contributed by atoms with Crippen molar-refractivity contribution in [1.82, 2.24) is 30.2 Å². The topological polar surface area (TPSA) is 116 Å². The molecule has 11 nitrogen and oxygen atoms in total. The van der Waals surface area contributed by atoms with Crippen LogP contribution in [0, 0.1) is 0 Å². The summed E-state index contributed by atoms with van der Waals surface area (Å²) in [6.45, 7) is 4.71. The molecule has 2 aliphatic rings. The van der Waals surface area contributed by atoms with Gasteiger partial charge in [-0.25, -0.2) is 19.7 Å². The highest BCUT2D eigenvalue weighted by Gasteiger charge is 2.29. The van der Waals surface area contributed by atoms with Gasteiger partial charge in [0.15, 0.2) is 11.5 Å². The van der Waals surface area contributed by atoms with Crippen LogP contribution in [0.1, 0.15) is 18.6 Å². The molecule has 210 valence electrons. The minimum absolute atomic E-state index is 0.0637. The average molecular weight is 553 g/mol. The Morgan fingerprint density at radius 1 is 1.05 bits per heavy atom. The molecule has 5 heterocycles. The number of aromatic nitrogens is 4. The molecule has 11 heteroatoms. The molecule has 2 saturated heterocycles. The zero-order valence-electron chi connectivity index (χ0n) is 22.7. The lowest BCUT2D eigenvalue weighted by Crippen LogP contribution is -2.51. The third-order valence-electron chi connectivity index (χ3n) is 8.03. The van der Waals surface area contributed by atoms with Crippen LogP contribution in [0.3, 0.4) is 0 Å². The quantitative estimate of drug-likeness (QED) is 0.309. The average Bonchev–Trinajstić information content (AvgIpc) is 3.81. The second kappa shape index (κ2) is 11.0. The van der Waals surface area contributed by atoms with Gasteiger partial charge in [0.05, 0.1) is 25.2 Å². The molecule has 2 aliphatic heterocycles. The molecule has 2 N–H and O–H groups in total. The minimum Gasteiger partial charge on any atom is -0.491 e. The van der Waals surface area contributed by atoms with E-state index in [2.05, 4.69) is 59.3 Å². The van der Waals surface area contributed by atoms with E-state index < -0.39 is 0 Å². The highest BCUT2D eigenvalue weighted by molar-refractivity contribution is 5.91. The van der Waals surface area contributed by atoms with E-state index in [1.54, 1.807) is 18.9 Å². The molecule has 1 atom stereocenters. The molecule has 0 bridgehead atoms. The van der Waals surface area contributed by atoms with E-state index >= 15 is 0 Å². The van der Waals surface area contributed by atoms with Crippen LogP contribution < -0.4 is 19.9 Å². The number of aromatic amines is 1. The maximum Gasteiger partial charge on any atom is 0.317 e. The van der Waals surface area contributed by atoms with E-state index in [-0.39, 0.29) is 12.1 Å². The molecule has 0 spiro atoms. The van der Waals surface area contributed by atoms with Crippen molar-refractivity contribution in [2.45, 2.75) is 25.4 Å². The summed E-state index contributed by atoms with van der Waals surface area (Å²) in [6.07, 6.45) is 6.98. The molecule has 3 aromatic heterocycles. The van der Waals surface area contributed by atoms with E-state index in [0.29, 0.717) is 26.2 Å². The van der Waals surface area contributed by atoms with E-state index in [1.807, 2.05) is 29.2 Å². The number of imidazole rings is 1. The molecular formula is C30H32N8O3. The van der Waals surface area contributed by atoms with Crippen molar-refractivity contribution < 1.29 is 13.9 Å². The summed E-state index contributed by atoms with van der Waals surface area (Å²) in [5.41, 5.74) is 2.68. The lowest BCUT2D eigenvalue weighted by atomic mass is 10.1. The maximum absolute atomic E-state index is 12.6. The number of hydrogen-bond acceptors (Lipinski definition) is 8. The normalized spacial score (nSPS) is 17.5. The first-order valence-electron chi connectivity index (χ1n) is 14.1. The summed E-state index contributed by atoms with van der Waals surface area (Å²) in [5.74, 6) is 2.48. The second-order valence-electron chi connectivity index (χ2n) is 10.5. The minimum atomic E-state index is -0.0637. The van der Waals surface area contributed by atoms with Crippen LogP contribution in [0.15, 0.2) is 71.9 Å². The third-order valence-corrected chi connectivity index (χ3v) is 8.03. The van der Waals surface area contributed by atoms with Crippen molar-refractivity contribution in [3.05, 3.63) is 73.2 Å². The summed E-state index contributed by atoms with van der Waals surface area (Å²) in [4.78, 5) is 35.5. The highest BCUT2D eigenvalue weighted by Crippen LogP contribution is 2.32. The Morgan fingerprint density at radius 2 is 1.98 bits per heavy atom. The summed E-state index contributed by atoms with van der Waals surface area (Å²) in [5, 5.41) is 5.17. The number of benzene rings is 2. The largest absolute Gasteiger partial charge is 0.491 e. The number of anilines is 2. The van der Waals surface area contributed by atoms with Gasteiger partial charge in [0.25, 0.3) is 0 Å². The van der Waals surface area contributed by atoms with Crippen LogP contribution in [0.5, 0.6) is 5.75 Å². The lowest BCUT2D eigenvalue weighted by molar-refractivity contribution is 0.193. The van der Waals surface area contributed by atoms with Crippen molar-refractivity contribution >= 4 is 39.5 Å². The number of nitrogens with zero attached hydrogens (tertiary/aromatic N) is 6. The standard InChI is InChI=1S/C30H32N8O3/c39-30(31-17-24-6-3-15-40-24)37-13-11-36(12-14-37)22-9-8-21-4-1-7-26(25(21)16-22)41-18-23-5-2-10-38(23)29-27-28(33-19-32-27)34-20-35-29/h1,3-4,6-9,15-16,19-20,23H,2,5,10-14,17-18H2,(H,31,39)(H,32,33,34,35). The van der Waals surface area contributed by atoms with Crippen molar-refractivity contribution in [2.75, 3.05) is 49.1 Å². The predicted molar refractivity (Wildman–Crippen MR) is 156 cm³/mol. The molecule has 5 aromatic rings. The van der Waals surface area contributed by atoms with Crippen LogP contribution in [0.25, 0.3) is 21.9 Å². The molecular weight excluding hydrogens is 520 g/mol. The Morgan fingerprint density at radius 3 is 2.85 bits per heavy atom. The Kier molecular flexibility index (Phi) is 6.75. The molecule has 7 rings (SSSR count). The molecule has 0 aliphatic carbocycles. The zero-order valence-corrected chi connectivity index (χ0v) is 22.7. The summed E-state index contributed by atoms with van der Waals surface area (Å²) in [6, 6.07) is 16.5. The predicted octanol–water partition coefficient (Wildman–Crippen LogP) is 4.18. The lowest BCUT2D eigenvalue weighted by Gasteiger charge is -2.36. The Hall–Kier alpha value is -4.80. The number of H-pyrrole nitrogens is 1. The number of carbonyl (C=O) groups is 1. The van der Waals surface area contributed by atoms with Gasteiger partial charge in [0.1, 0.15) is 30.0 Å². The van der Waals surface area contributed by atoms with Crippen LogP contribution in [0.4, 0.5) is 16.3 Å². The number of furan rings is 1. The van der Waals surface area contributed by atoms with Gasteiger partial charge in [-0.15, -0.1) is 0 Å². The second-order valence-corrected chi connectivity index (χ2v) is 10.5. The number of fused-ring (bicyclic) bond motifs is 2. The number of nitrogens with one attached hydrogen (secondary N) is 2. The fourth-order valence-electron chi connectivity index (χ4n) is 5.85. The van der Waals surface area contributed by atoms with Crippen molar-refractivity contribution in [3.8, 4) is 5.75 Å². The number of urea groups is 1. The summed E-state index contributed by atoms with van der Waals surface area (Å²) >= 11 is 0. The number of hydrogen-bond donors (Lipinski definition) is 2. The summed E-state index contributed by atoms with van der Waals surface area (Å²) < 4.78 is 11.8. The number of amides is 2. The van der Waals surface area contributed by atoms with Gasteiger partial charge >= 0.3 is 6.03 Å². The highest BCUT2D eigenvalue weighted by atomic mass is 16.5. The van der Waals surface area contributed by atoms with E-state index in [9.17, 15) is 4.79 Å². The Balaban J connectivity index is 1.02. The maximum atomic E-state index is 12.6. The first-order valence-corrected chi connectivity index (χ1v) is 14.1. The van der Waals surface area contributed by atoms with Gasteiger partial charge in [0, 0.05) is 43.8 Å². The third kappa shape index (κ3) is 5.10. The molecule has 41 heavy (non-hydrogen) atoms. The van der Waals surface area contributed by atoms with E-state index in [4.69, 9.17) is 9.15 Å². The Labute approximate surface area is 237 Å². The molecule has 2 amide bonds.